The molecule has 0 atom stereocenters. The van der Waals surface area contributed by atoms with Crippen molar-refractivity contribution in [3.05, 3.63) is 70.5 Å². The Kier molecular flexibility index (Phi) is 9.53. The molecule has 1 saturated heterocycles. The first kappa shape index (κ1) is 24.1. The maximum atomic E-state index is 14.0. The van der Waals surface area contributed by atoms with Gasteiger partial charge in [-0.2, -0.15) is 5.26 Å². The molecule has 1 aliphatic heterocycles. The van der Waals surface area contributed by atoms with E-state index in [2.05, 4.69) is 51.7 Å². The number of nitrogens with one attached hydrogen (secondary N) is 2. The third-order valence-corrected chi connectivity index (χ3v) is 5.43. The Labute approximate surface area is 195 Å². The van der Waals surface area contributed by atoms with E-state index >= 15 is 0 Å². The molecule has 3 rings (SSSR count). The summed E-state index contributed by atoms with van der Waals surface area (Å²) in [4.78, 5) is 6.75. The summed E-state index contributed by atoms with van der Waals surface area (Å²) in [6.45, 7) is 5.49. The van der Waals surface area contributed by atoms with Crippen molar-refractivity contribution in [1.29, 1.82) is 5.26 Å². The Balaban J connectivity index is 0.00000320. The first-order chi connectivity index (χ1) is 14.1. The Morgan fingerprint density at radius 3 is 2.60 bits per heavy atom. The lowest BCUT2D eigenvalue weighted by Crippen LogP contribution is -2.48. The third-order valence-electron chi connectivity index (χ3n) is 5.43. The van der Waals surface area contributed by atoms with Crippen LogP contribution < -0.4 is 10.6 Å². The molecule has 0 unspecified atom stereocenters. The summed E-state index contributed by atoms with van der Waals surface area (Å²) in [5, 5.41) is 15.6. The number of rotatable bonds is 5. The van der Waals surface area contributed by atoms with E-state index in [1.165, 1.54) is 23.3 Å². The number of hydrogen-bond donors (Lipinski definition) is 2. The monoisotopic (exact) mass is 521 g/mol. The number of aryl methyl sites for hydroxylation is 1. The third kappa shape index (κ3) is 6.67. The zero-order chi connectivity index (χ0) is 20.6. The van der Waals surface area contributed by atoms with Gasteiger partial charge < -0.3 is 10.6 Å². The molecule has 2 N–H and O–H groups in total. The van der Waals surface area contributed by atoms with Crippen LogP contribution in [-0.2, 0) is 13.1 Å². The molecule has 5 nitrogen and oxygen atoms in total. The predicted octanol–water partition coefficient (Wildman–Crippen LogP) is 3.95. The molecular weight excluding hydrogens is 492 g/mol. The van der Waals surface area contributed by atoms with Crippen molar-refractivity contribution in [2.24, 2.45) is 4.99 Å². The number of aliphatic imine (C=N–C) groups is 1. The van der Waals surface area contributed by atoms with Crippen LogP contribution in [0.25, 0.3) is 0 Å². The average molecular weight is 521 g/mol. The second kappa shape index (κ2) is 11.9. The van der Waals surface area contributed by atoms with Crippen molar-refractivity contribution in [2.75, 3.05) is 20.1 Å². The number of benzene rings is 2. The number of guanidine groups is 1. The molecule has 2 aromatic carbocycles. The van der Waals surface area contributed by atoms with Crippen LogP contribution in [0.15, 0.2) is 47.5 Å². The van der Waals surface area contributed by atoms with Crippen molar-refractivity contribution in [3.63, 3.8) is 0 Å². The molecule has 0 bridgehead atoms. The normalized spacial score (nSPS) is 15.2. The first-order valence-corrected chi connectivity index (χ1v) is 10.0. The first-order valence-electron chi connectivity index (χ1n) is 10.0. The zero-order valence-corrected chi connectivity index (χ0v) is 19.8. The smallest absolute Gasteiger partial charge is 0.191 e. The van der Waals surface area contributed by atoms with Crippen molar-refractivity contribution in [1.82, 2.24) is 15.5 Å². The quantitative estimate of drug-likeness (QED) is 0.356. The van der Waals surface area contributed by atoms with Gasteiger partial charge in [-0.15, -0.1) is 24.0 Å². The molecule has 1 aliphatic rings. The second-order valence-corrected chi connectivity index (χ2v) is 7.47. The van der Waals surface area contributed by atoms with Crippen LogP contribution in [0.4, 0.5) is 4.39 Å². The highest BCUT2D eigenvalue weighted by Crippen LogP contribution is 2.16. The van der Waals surface area contributed by atoms with Gasteiger partial charge in [0.1, 0.15) is 5.82 Å². The number of nitrogens with zero attached hydrogens (tertiary/aromatic N) is 3. The minimum atomic E-state index is -0.323. The Hall–Kier alpha value is -2.18. The molecule has 0 aromatic heterocycles. The van der Waals surface area contributed by atoms with E-state index in [1.54, 1.807) is 13.1 Å². The van der Waals surface area contributed by atoms with Gasteiger partial charge in [0.25, 0.3) is 0 Å². The Bertz CT molecular complexity index is 901. The molecule has 0 amide bonds. The van der Waals surface area contributed by atoms with Crippen LogP contribution >= 0.6 is 24.0 Å². The van der Waals surface area contributed by atoms with Crippen LogP contribution in [0.1, 0.15) is 35.1 Å². The number of piperidine rings is 1. The van der Waals surface area contributed by atoms with Crippen LogP contribution in [0, 0.1) is 24.1 Å². The molecule has 160 valence electrons. The second-order valence-electron chi connectivity index (χ2n) is 7.47. The maximum Gasteiger partial charge on any atom is 0.191 e. The minimum absolute atomic E-state index is 0. The van der Waals surface area contributed by atoms with E-state index in [1.807, 2.05) is 6.07 Å². The highest BCUT2D eigenvalue weighted by molar-refractivity contribution is 14.0. The Morgan fingerprint density at radius 1 is 1.20 bits per heavy atom. The van der Waals surface area contributed by atoms with Gasteiger partial charge in [-0.3, -0.25) is 9.89 Å². The highest BCUT2D eigenvalue weighted by atomic mass is 127. The van der Waals surface area contributed by atoms with Gasteiger partial charge in [0.2, 0.25) is 0 Å². The minimum Gasteiger partial charge on any atom is -0.354 e. The molecular formula is C23H29FIN5. The molecule has 1 heterocycles. The van der Waals surface area contributed by atoms with Crippen LogP contribution in [0.2, 0.25) is 0 Å². The summed E-state index contributed by atoms with van der Waals surface area (Å²) in [6, 6.07) is 15.3. The standard InChI is InChI=1S/C23H28FN5.HI/c1-17-5-3-4-6-19(17)16-29-11-9-21(10-12-29)28-23(26-2)27-15-20-13-18(14-25)7-8-22(20)24;/h3-8,13,21H,9-12,15-16H2,1-2H3,(H2,26,27,28);1H. The van der Waals surface area contributed by atoms with E-state index in [0.717, 1.165) is 32.5 Å². The van der Waals surface area contributed by atoms with Crippen molar-refractivity contribution >= 4 is 29.9 Å². The summed E-state index contributed by atoms with van der Waals surface area (Å²) in [5.74, 6) is 0.334. The lowest BCUT2D eigenvalue weighted by Gasteiger charge is -2.33. The molecule has 30 heavy (non-hydrogen) atoms. The number of halogens is 2. The largest absolute Gasteiger partial charge is 0.354 e. The zero-order valence-electron chi connectivity index (χ0n) is 17.5. The van der Waals surface area contributed by atoms with Gasteiger partial charge in [-0.05, 0) is 49.1 Å². The van der Waals surface area contributed by atoms with Gasteiger partial charge in [0.05, 0.1) is 11.6 Å². The van der Waals surface area contributed by atoms with Crippen LogP contribution in [0.5, 0.6) is 0 Å². The fourth-order valence-electron chi connectivity index (χ4n) is 3.61. The molecule has 0 saturated carbocycles. The molecule has 0 aliphatic carbocycles. The van der Waals surface area contributed by atoms with Gasteiger partial charge in [-0.1, -0.05) is 24.3 Å². The summed E-state index contributed by atoms with van der Waals surface area (Å²) in [7, 11) is 1.71. The average Bonchev–Trinajstić information content (AvgIpc) is 2.75. The fraction of sp³-hybridized carbons (Fsp3) is 0.391. The van der Waals surface area contributed by atoms with Crippen molar-refractivity contribution in [3.8, 4) is 6.07 Å². The van der Waals surface area contributed by atoms with E-state index in [-0.39, 0.29) is 36.3 Å². The van der Waals surface area contributed by atoms with Crippen molar-refractivity contribution in [2.45, 2.75) is 38.9 Å². The summed E-state index contributed by atoms with van der Waals surface area (Å²) in [6.07, 6.45) is 2.07. The molecule has 1 fully saturated rings. The lowest BCUT2D eigenvalue weighted by molar-refractivity contribution is 0.198. The SMILES string of the molecule is CN=C(NCc1cc(C#N)ccc1F)NC1CCN(Cc2ccccc2C)CC1.I. The lowest BCUT2D eigenvalue weighted by atomic mass is 10.0. The number of likely N-dealkylation sites (tertiary alicyclic amines) is 1. The van der Waals surface area contributed by atoms with E-state index < -0.39 is 0 Å². The van der Waals surface area contributed by atoms with Crippen molar-refractivity contribution < 1.29 is 4.39 Å². The number of nitriles is 1. The van der Waals surface area contributed by atoms with Gasteiger partial charge in [-0.25, -0.2) is 4.39 Å². The molecule has 2 aromatic rings. The van der Waals surface area contributed by atoms with Crippen LogP contribution in [0.3, 0.4) is 0 Å². The Morgan fingerprint density at radius 2 is 1.93 bits per heavy atom. The number of hydrogen-bond acceptors (Lipinski definition) is 3. The van der Waals surface area contributed by atoms with E-state index in [0.29, 0.717) is 23.1 Å². The van der Waals surface area contributed by atoms with Gasteiger partial charge in [0.15, 0.2) is 5.96 Å². The van der Waals surface area contributed by atoms with Crippen LogP contribution in [-0.4, -0.2) is 37.0 Å². The van der Waals surface area contributed by atoms with E-state index in [9.17, 15) is 4.39 Å². The summed E-state index contributed by atoms with van der Waals surface area (Å²) < 4.78 is 14.0. The molecule has 7 heteroatoms. The highest BCUT2D eigenvalue weighted by Gasteiger charge is 2.20. The van der Waals surface area contributed by atoms with Gasteiger partial charge in [0, 0.05) is 44.8 Å². The topological polar surface area (TPSA) is 63.5 Å². The predicted molar refractivity (Wildman–Crippen MR) is 129 cm³/mol. The summed E-state index contributed by atoms with van der Waals surface area (Å²) in [5.41, 5.74) is 3.63. The summed E-state index contributed by atoms with van der Waals surface area (Å²) >= 11 is 0. The fourth-order valence-corrected chi connectivity index (χ4v) is 3.61. The maximum absolute atomic E-state index is 14.0. The molecule has 0 radical (unpaired) electrons. The molecule has 0 spiro atoms. The van der Waals surface area contributed by atoms with Gasteiger partial charge >= 0.3 is 0 Å². The van der Waals surface area contributed by atoms with E-state index in [4.69, 9.17) is 5.26 Å².